The van der Waals surface area contributed by atoms with E-state index in [1.807, 2.05) is 0 Å². The van der Waals surface area contributed by atoms with Crippen LogP contribution in [0.15, 0.2) is 18.2 Å². The summed E-state index contributed by atoms with van der Waals surface area (Å²) in [5.41, 5.74) is 4.34. The first-order chi connectivity index (χ1) is 5.88. The molecule has 0 bridgehead atoms. The van der Waals surface area contributed by atoms with E-state index in [0.717, 1.165) is 0 Å². The molecule has 0 atom stereocenters. The van der Waals surface area contributed by atoms with Gasteiger partial charge in [-0.2, -0.15) is 0 Å². The van der Waals surface area contributed by atoms with Crippen LogP contribution in [-0.2, 0) is 6.04 Å². The van der Waals surface area contributed by atoms with Crippen LogP contribution in [0.1, 0.15) is 16.7 Å². The molecule has 0 spiro atoms. The molecular formula is C12H20Si. The van der Waals surface area contributed by atoms with Gasteiger partial charge in [-0.1, -0.05) is 43.4 Å². The molecule has 13 heavy (non-hydrogen) atoms. The summed E-state index contributed by atoms with van der Waals surface area (Å²) in [4.78, 5) is 0. The molecule has 0 heterocycles. The quantitative estimate of drug-likeness (QED) is 0.626. The van der Waals surface area contributed by atoms with Crippen molar-refractivity contribution in [2.45, 2.75) is 39.5 Å². The van der Waals surface area contributed by atoms with Gasteiger partial charge in [-0.3, -0.25) is 0 Å². The van der Waals surface area contributed by atoms with Crippen LogP contribution in [0.5, 0.6) is 0 Å². The van der Waals surface area contributed by atoms with E-state index in [1.54, 1.807) is 0 Å². The van der Waals surface area contributed by atoms with Crippen molar-refractivity contribution in [3.63, 3.8) is 0 Å². The lowest BCUT2D eigenvalue weighted by atomic mass is 10.1. The molecule has 0 nitrogen and oxygen atoms in total. The third kappa shape index (κ3) is 3.35. The monoisotopic (exact) mass is 192 g/mol. The third-order valence-electron chi connectivity index (χ3n) is 2.31. The molecule has 0 N–H and O–H groups in total. The van der Waals surface area contributed by atoms with Crippen molar-refractivity contribution in [1.82, 2.24) is 0 Å². The minimum Gasteiger partial charge on any atom is -0.0693 e. The van der Waals surface area contributed by atoms with Crippen molar-refractivity contribution < 1.29 is 0 Å². The highest BCUT2D eigenvalue weighted by Gasteiger charge is 2.13. The van der Waals surface area contributed by atoms with Crippen molar-refractivity contribution in [3.05, 3.63) is 34.9 Å². The first-order valence-corrected chi connectivity index (χ1v) is 8.65. The lowest BCUT2D eigenvalue weighted by Crippen LogP contribution is -2.23. The van der Waals surface area contributed by atoms with Crippen LogP contribution >= 0.6 is 0 Å². The van der Waals surface area contributed by atoms with Crippen LogP contribution in [0.2, 0.25) is 19.6 Å². The molecule has 0 unspecified atom stereocenters. The van der Waals surface area contributed by atoms with Crippen LogP contribution in [-0.4, -0.2) is 8.07 Å². The standard InChI is InChI=1S/C12H20Si/c1-10-6-7-12(8-11(10)2)9-13(3,4)5/h6-8H,9H2,1-5H3. The Labute approximate surface area is 83.0 Å². The smallest absolute Gasteiger partial charge is 0.0487 e. The molecule has 1 heteroatoms. The maximum Gasteiger partial charge on any atom is 0.0487 e. The molecular weight excluding hydrogens is 172 g/mol. The van der Waals surface area contributed by atoms with Crippen molar-refractivity contribution in [2.75, 3.05) is 0 Å². The molecule has 0 saturated carbocycles. The summed E-state index contributed by atoms with van der Waals surface area (Å²) < 4.78 is 0. The predicted octanol–water partition coefficient (Wildman–Crippen LogP) is 3.72. The van der Waals surface area contributed by atoms with Gasteiger partial charge in [0.1, 0.15) is 0 Å². The first kappa shape index (κ1) is 10.5. The highest BCUT2D eigenvalue weighted by molar-refractivity contribution is 6.75. The molecule has 0 amide bonds. The molecule has 1 aromatic carbocycles. The molecule has 0 aliphatic rings. The van der Waals surface area contributed by atoms with E-state index in [0.29, 0.717) is 0 Å². The maximum atomic E-state index is 2.42. The maximum absolute atomic E-state index is 2.42. The van der Waals surface area contributed by atoms with Gasteiger partial charge in [0.25, 0.3) is 0 Å². The normalized spacial score (nSPS) is 11.8. The molecule has 0 aliphatic carbocycles. The minimum absolute atomic E-state index is 0.938. The summed E-state index contributed by atoms with van der Waals surface area (Å²) in [6.07, 6.45) is 0. The highest BCUT2D eigenvalue weighted by atomic mass is 28.3. The molecule has 1 rings (SSSR count). The van der Waals surface area contributed by atoms with Gasteiger partial charge in [-0.05, 0) is 31.0 Å². The Morgan fingerprint density at radius 3 is 2.08 bits per heavy atom. The zero-order valence-corrected chi connectivity index (χ0v) is 10.4. The predicted molar refractivity (Wildman–Crippen MR) is 63.0 cm³/mol. The highest BCUT2D eigenvalue weighted by Crippen LogP contribution is 2.15. The average Bonchev–Trinajstić information content (AvgIpc) is 1.94. The van der Waals surface area contributed by atoms with Gasteiger partial charge in [-0.15, -0.1) is 0 Å². The van der Waals surface area contributed by atoms with E-state index in [2.05, 4.69) is 51.7 Å². The van der Waals surface area contributed by atoms with Crippen molar-refractivity contribution in [1.29, 1.82) is 0 Å². The molecule has 0 saturated heterocycles. The van der Waals surface area contributed by atoms with Gasteiger partial charge in [0.15, 0.2) is 0 Å². The fourth-order valence-corrected chi connectivity index (χ4v) is 2.97. The Morgan fingerprint density at radius 1 is 1.00 bits per heavy atom. The largest absolute Gasteiger partial charge is 0.0693 e. The van der Waals surface area contributed by atoms with Gasteiger partial charge >= 0.3 is 0 Å². The summed E-state index contributed by atoms with van der Waals surface area (Å²) in [6.45, 7) is 11.6. The Kier molecular flexibility index (Phi) is 2.97. The van der Waals surface area contributed by atoms with Gasteiger partial charge in [0, 0.05) is 8.07 Å². The van der Waals surface area contributed by atoms with Crippen molar-refractivity contribution >= 4 is 8.07 Å². The van der Waals surface area contributed by atoms with E-state index in [4.69, 9.17) is 0 Å². The SMILES string of the molecule is Cc1ccc(C[Si](C)(C)C)cc1C. The molecule has 0 aromatic heterocycles. The molecule has 0 radical (unpaired) electrons. The van der Waals surface area contributed by atoms with Gasteiger partial charge < -0.3 is 0 Å². The van der Waals surface area contributed by atoms with E-state index < -0.39 is 8.07 Å². The van der Waals surface area contributed by atoms with E-state index in [-0.39, 0.29) is 0 Å². The average molecular weight is 192 g/mol. The van der Waals surface area contributed by atoms with E-state index in [9.17, 15) is 0 Å². The minimum atomic E-state index is -0.938. The van der Waals surface area contributed by atoms with Gasteiger partial charge in [-0.25, -0.2) is 0 Å². The summed E-state index contributed by atoms with van der Waals surface area (Å²) in [5.74, 6) is 0. The van der Waals surface area contributed by atoms with Crippen molar-refractivity contribution in [2.24, 2.45) is 0 Å². The summed E-state index contributed by atoms with van der Waals surface area (Å²) >= 11 is 0. The zero-order chi connectivity index (χ0) is 10.1. The van der Waals surface area contributed by atoms with Crippen LogP contribution in [0.4, 0.5) is 0 Å². The summed E-state index contributed by atoms with van der Waals surface area (Å²) in [7, 11) is -0.938. The van der Waals surface area contributed by atoms with Crippen LogP contribution in [0.25, 0.3) is 0 Å². The van der Waals surface area contributed by atoms with Crippen LogP contribution in [0, 0.1) is 13.8 Å². The van der Waals surface area contributed by atoms with Crippen molar-refractivity contribution in [3.8, 4) is 0 Å². The van der Waals surface area contributed by atoms with Gasteiger partial charge in [0.2, 0.25) is 0 Å². The number of hydrogen-bond acceptors (Lipinski definition) is 0. The summed E-state index contributed by atoms with van der Waals surface area (Å²) in [5, 5.41) is 0. The Morgan fingerprint density at radius 2 is 1.62 bits per heavy atom. The summed E-state index contributed by atoms with van der Waals surface area (Å²) in [6, 6.07) is 8.16. The number of benzene rings is 1. The first-order valence-electron chi connectivity index (χ1n) is 4.95. The second kappa shape index (κ2) is 3.67. The van der Waals surface area contributed by atoms with Gasteiger partial charge in [0.05, 0.1) is 0 Å². The number of aryl methyl sites for hydroxylation is 2. The molecule has 72 valence electrons. The Hall–Kier alpha value is -0.563. The molecule has 0 fully saturated rings. The lowest BCUT2D eigenvalue weighted by molar-refractivity contribution is 1.25. The molecule has 0 aliphatic heterocycles. The van der Waals surface area contributed by atoms with Crippen LogP contribution < -0.4 is 0 Å². The third-order valence-corrected chi connectivity index (χ3v) is 3.77. The number of hydrogen-bond donors (Lipinski definition) is 0. The fourth-order valence-electron chi connectivity index (χ4n) is 1.53. The second-order valence-corrected chi connectivity index (χ2v) is 10.6. The van der Waals surface area contributed by atoms with E-state index in [1.165, 1.54) is 22.7 Å². The topological polar surface area (TPSA) is 0 Å². The Bertz CT molecular complexity index is 294. The fraction of sp³-hybridized carbons (Fsp3) is 0.500. The lowest BCUT2D eigenvalue weighted by Gasteiger charge is -2.16. The van der Waals surface area contributed by atoms with E-state index >= 15 is 0 Å². The molecule has 1 aromatic rings. The Balaban J connectivity index is 2.86. The zero-order valence-electron chi connectivity index (χ0n) is 9.44. The number of rotatable bonds is 2. The van der Waals surface area contributed by atoms with Crippen LogP contribution in [0.3, 0.4) is 0 Å². The second-order valence-electron chi connectivity index (χ2n) is 5.16.